The fourth-order valence-electron chi connectivity index (χ4n) is 1.49. The van der Waals surface area contributed by atoms with Crippen molar-refractivity contribution in [3.8, 4) is 0 Å². The van der Waals surface area contributed by atoms with E-state index in [9.17, 15) is 14.4 Å². The van der Waals surface area contributed by atoms with E-state index in [0.717, 1.165) is 4.90 Å². The number of rotatable bonds is 6. The second-order valence-electron chi connectivity index (χ2n) is 4.50. The summed E-state index contributed by atoms with van der Waals surface area (Å²) in [5.74, 6) is -1.08. The minimum Gasteiger partial charge on any atom is -0.464 e. The van der Waals surface area contributed by atoms with Crippen LogP contribution in [0.1, 0.15) is 16.2 Å². The number of pyridine rings is 1. The third kappa shape index (κ3) is 5.28. The highest BCUT2D eigenvalue weighted by atomic mass is 79.9. The molecular formula is C14H16BrN3O4. The van der Waals surface area contributed by atoms with Gasteiger partial charge in [0.1, 0.15) is 5.69 Å². The molecule has 1 aromatic rings. The molecule has 118 valence electrons. The highest BCUT2D eigenvalue weighted by Gasteiger charge is 2.15. The molecule has 0 saturated carbocycles. The summed E-state index contributed by atoms with van der Waals surface area (Å²) in [7, 11) is 4.76. The monoisotopic (exact) mass is 369 g/mol. The lowest BCUT2D eigenvalue weighted by molar-refractivity contribution is -0.135. The first-order chi connectivity index (χ1) is 10.4. The third-order valence-electron chi connectivity index (χ3n) is 2.50. The van der Waals surface area contributed by atoms with Crippen LogP contribution in [0.3, 0.4) is 0 Å². The number of hydrogen-bond acceptors (Lipinski definition) is 6. The van der Waals surface area contributed by atoms with Crippen LogP contribution >= 0.6 is 15.9 Å². The standard InChI is InChI=1S/C14H16BrN3O4/c1-17(2)5-4-13(20)18(9-19)8-11-6-10(15)7-12(16-11)14(21)22-3/h4-7,9H,8H2,1-3H3/b5-4-. The van der Waals surface area contributed by atoms with Gasteiger partial charge >= 0.3 is 5.97 Å². The van der Waals surface area contributed by atoms with Crippen molar-refractivity contribution in [3.05, 3.63) is 40.3 Å². The predicted octanol–water partition coefficient (Wildman–Crippen LogP) is 1.19. The van der Waals surface area contributed by atoms with Crippen LogP contribution in [0.2, 0.25) is 0 Å². The maximum absolute atomic E-state index is 11.9. The van der Waals surface area contributed by atoms with E-state index in [4.69, 9.17) is 0 Å². The molecule has 0 saturated heterocycles. The van der Waals surface area contributed by atoms with Crippen molar-refractivity contribution in [2.24, 2.45) is 0 Å². The highest BCUT2D eigenvalue weighted by Crippen LogP contribution is 2.15. The van der Waals surface area contributed by atoms with Crippen molar-refractivity contribution in [1.82, 2.24) is 14.8 Å². The van der Waals surface area contributed by atoms with Crippen molar-refractivity contribution >= 4 is 34.2 Å². The van der Waals surface area contributed by atoms with Gasteiger partial charge in [0.15, 0.2) is 0 Å². The normalized spacial score (nSPS) is 10.4. The Bertz CT molecular complexity index is 602. The number of esters is 1. The average Bonchev–Trinajstić information content (AvgIpc) is 2.48. The summed E-state index contributed by atoms with van der Waals surface area (Å²) in [6.45, 7) is -0.0520. The smallest absolute Gasteiger partial charge is 0.356 e. The average molecular weight is 370 g/mol. The van der Waals surface area contributed by atoms with Crippen LogP contribution in [0, 0.1) is 0 Å². The van der Waals surface area contributed by atoms with Gasteiger partial charge in [-0.15, -0.1) is 0 Å². The Morgan fingerprint density at radius 2 is 2.05 bits per heavy atom. The fraction of sp³-hybridized carbons (Fsp3) is 0.286. The van der Waals surface area contributed by atoms with Gasteiger partial charge in [0, 0.05) is 30.8 Å². The van der Waals surface area contributed by atoms with E-state index >= 15 is 0 Å². The van der Waals surface area contributed by atoms with E-state index in [2.05, 4.69) is 25.7 Å². The molecule has 2 amide bonds. The zero-order valence-corrected chi connectivity index (χ0v) is 14.0. The lowest BCUT2D eigenvalue weighted by atomic mass is 10.3. The molecule has 0 radical (unpaired) electrons. The van der Waals surface area contributed by atoms with E-state index in [1.54, 1.807) is 25.1 Å². The summed E-state index contributed by atoms with van der Waals surface area (Å²) in [6.07, 6.45) is 3.23. The molecule has 0 aromatic carbocycles. The quantitative estimate of drug-likeness (QED) is 0.425. The molecular weight excluding hydrogens is 354 g/mol. The van der Waals surface area contributed by atoms with E-state index in [1.165, 1.54) is 25.5 Å². The molecule has 0 aliphatic carbocycles. The van der Waals surface area contributed by atoms with Gasteiger partial charge in [-0.1, -0.05) is 15.9 Å². The number of carbonyl (C=O) groups excluding carboxylic acids is 3. The van der Waals surface area contributed by atoms with Crippen molar-refractivity contribution in [2.45, 2.75) is 6.54 Å². The number of hydrogen-bond donors (Lipinski definition) is 0. The summed E-state index contributed by atoms with van der Waals surface area (Å²) in [6, 6.07) is 3.11. The summed E-state index contributed by atoms with van der Waals surface area (Å²) in [5, 5.41) is 0. The van der Waals surface area contributed by atoms with Crippen LogP contribution in [0.15, 0.2) is 28.9 Å². The molecule has 0 fully saturated rings. The first-order valence-corrected chi connectivity index (χ1v) is 7.02. The van der Waals surface area contributed by atoms with Crippen LogP contribution in [-0.4, -0.2) is 54.3 Å². The molecule has 8 heteroatoms. The lowest BCUT2D eigenvalue weighted by Crippen LogP contribution is -2.28. The van der Waals surface area contributed by atoms with Gasteiger partial charge in [-0.25, -0.2) is 9.78 Å². The zero-order chi connectivity index (χ0) is 16.7. The Morgan fingerprint density at radius 3 is 2.59 bits per heavy atom. The minimum absolute atomic E-state index is 0.0520. The molecule has 7 nitrogen and oxygen atoms in total. The number of aromatic nitrogens is 1. The number of imide groups is 1. The lowest BCUT2D eigenvalue weighted by Gasteiger charge is -2.14. The maximum Gasteiger partial charge on any atom is 0.356 e. The first kappa shape index (κ1) is 17.8. The van der Waals surface area contributed by atoms with Crippen LogP contribution in [-0.2, 0) is 20.9 Å². The van der Waals surface area contributed by atoms with Crippen molar-refractivity contribution in [2.75, 3.05) is 21.2 Å². The van der Waals surface area contributed by atoms with Gasteiger partial charge in [0.2, 0.25) is 6.41 Å². The predicted molar refractivity (Wildman–Crippen MR) is 82.7 cm³/mol. The topological polar surface area (TPSA) is 79.8 Å². The Labute approximate surface area is 136 Å². The number of carbonyl (C=O) groups is 3. The third-order valence-corrected chi connectivity index (χ3v) is 2.95. The molecule has 1 rings (SSSR count). The zero-order valence-electron chi connectivity index (χ0n) is 12.4. The molecule has 1 heterocycles. The van der Waals surface area contributed by atoms with Crippen molar-refractivity contribution in [3.63, 3.8) is 0 Å². The van der Waals surface area contributed by atoms with Crippen molar-refractivity contribution in [1.29, 1.82) is 0 Å². The Morgan fingerprint density at radius 1 is 1.36 bits per heavy atom. The number of halogens is 1. The fourth-order valence-corrected chi connectivity index (χ4v) is 1.97. The van der Waals surface area contributed by atoms with E-state index in [1.807, 2.05) is 0 Å². The number of methoxy groups -OCH3 is 1. The first-order valence-electron chi connectivity index (χ1n) is 6.22. The molecule has 0 spiro atoms. The van der Waals surface area contributed by atoms with Crippen LogP contribution in [0.5, 0.6) is 0 Å². The van der Waals surface area contributed by atoms with E-state index in [0.29, 0.717) is 16.6 Å². The van der Waals surface area contributed by atoms with Crippen molar-refractivity contribution < 1.29 is 19.1 Å². The molecule has 1 aromatic heterocycles. The van der Waals surface area contributed by atoms with E-state index in [-0.39, 0.29) is 12.2 Å². The number of amides is 2. The Hall–Kier alpha value is -2.22. The molecule has 0 unspecified atom stereocenters. The van der Waals surface area contributed by atoms with Gasteiger partial charge < -0.3 is 9.64 Å². The molecule has 0 atom stereocenters. The Kier molecular flexibility index (Phi) is 6.71. The molecule has 22 heavy (non-hydrogen) atoms. The van der Waals surface area contributed by atoms with Gasteiger partial charge in [-0.3, -0.25) is 14.5 Å². The van der Waals surface area contributed by atoms with Gasteiger partial charge in [0.25, 0.3) is 5.91 Å². The minimum atomic E-state index is -0.598. The summed E-state index contributed by atoms with van der Waals surface area (Å²) < 4.78 is 5.20. The summed E-state index contributed by atoms with van der Waals surface area (Å²) in [5.41, 5.74) is 0.475. The molecule has 0 aliphatic rings. The van der Waals surface area contributed by atoms with Crippen LogP contribution in [0.4, 0.5) is 0 Å². The SMILES string of the molecule is COC(=O)c1cc(Br)cc(CN(C=O)C(=O)/C=C\N(C)C)n1. The van der Waals surface area contributed by atoms with Crippen LogP contribution < -0.4 is 0 Å². The second kappa shape index (κ2) is 8.28. The maximum atomic E-state index is 11.9. The van der Waals surface area contributed by atoms with Crippen LogP contribution in [0.25, 0.3) is 0 Å². The summed E-state index contributed by atoms with van der Waals surface area (Å²) in [4.78, 5) is 41.2. The van der Waals surface area contributed by atoms with E-state index < -0.39 is 11.9 Å². The number of ether oxygens (including phenoxy) is 1. The number of nitrogens with zero attached hydrogens (tertiary/aromatic N) is 3. The van der Waals surface area contributed by atoms with Gasteiger partial charge in [-0.2, -0.15) is 0 Å². The largest absolute Gasteiger partial charge is 0.464 e. The molecule has 0 bridgehead atoms. The second-order valence-corrected chi connectivity index (χ2v) is 5.42. The highest BCUT2D eigenvalue weighted by molar-refractivity contribution is 9.10. The molecule has 0 N–H and O–H groups in total. The van der Waals surface area contributed by atoms with Gasteiger partial charge in [-0.05, 0) is 12.1 Å². The van der Waals surface area contributed by atoms with Gasteiger partial charge in [0.05, 0.1) is 19.3 Å². The Balaban J connectivity index is 2.96. The summed E-state index contributed by atoms with van der Waals surface area (Å²) >= 11 is 3.25. The molecule has 0 aliphatic heterocycles.